The zero-order chi connectivity index (χ0) is 20.4. The van der Waals surface area contributed by atoms with E-state index in [1.54, 1.807) is 19.3 Å². The molecule has 4 rings (SSSR count). The van der Waals surface area contributed by atoms with E-state index in [9.17, 15) is 13.2 Å². The van der Waals surface area contributed by atoms with Crippen LogP contribution in [0.5, 0.6) is 0 Å². The Balaban J connectivity index is 1.77. The first-order chi connectivity index (χ1) is 14.0. The first-order valence-corrected chi connectivity index (χ1v) is 11.7. The molecule has 0 amide bonds. The van der Waals surface area contributed by atoms with E-state index in [-0.39, 0.29) is 29.6 Å². The summed E-state index contributed by atoms with van der Waals surface area (Å²) in [5, 5.41) is 0. The summed E-state index contributed by atoms with van der Waals surface area (Å²) < 4.78 is 24.2. The van der Waals surface area contributed by atoms with Gasteiger partial charge in [0.25, 0.3) is 0 Å². The molecular weight excluding hydrogens is 384 g/mol. The van der Waals surface area contributed by atoms with Gasteiger partial charge in [-0.05, 0) is 35.6 Å². The van der Waals surface area contributed by atoms with Crippen molar-refractivity contribution < 1.29 is 13.2 Å². The van der Waals surface area contributed by atoms with Crippen molar-refractivity contribution in [2.45, 2.75) is 26.2 Å². The molecule has 0 saturated heterocycles. The standard InChI is InChI=1S/C23H24N2O3S/c1-2-29(27,28)15-17-13-20-22(21(26)14-17)19(12-16-6-4-3-5-7-16)23(25-20)18-8-10-24-11-9-18/h3-11,17,25H,2,12-15H2,1H3. The second-order valence-electron chi connectivity index (χ2n) is 7.63. The lowest BCUT2D eigenvalue weighted by molar-refractivity contribution is 0.0953. The maximum Gasteiger partial charge on any atom is 0.165 e. The van der Waals surface area contributed by atoms with Crippen molar-refractivity contribution in [1.29, 1.82) is 0 Å². The third-order valence-corrected chi connectivity index (χ3v) is 7.41. The van der Waals surface area contributed by atoms with Crippen LogP contribution in [0.1, 0.15) is 40.5 Å². The molecule has 0 spiro atoms. The molecule has 1 aliphatic rings. The molecule has 0 aliphatic heterocycles. The number of ketones is 1. The number of fused-ring (bicyclic) bond motifs is 1. The molecule has 0 bridgehead atoms. The van der Waals surface area contributed by atoms with Gasteiger partial charge in [0.15, 0.2) is 5.78 Å². The summed E-state index contributed by atoms with van der Waals surface area (Å²) in [4.78, 5) is 20.7. The molecule has 3 aromatic rings. The zero-order valence-corrected chi connectivity index (χ0v) is 17.2. The second-order valence-corrected chi connectivity index (χ2v) is 10.0. The summed E-state index contributed by atoms with van der Waals surface area (Å²) in [6, 6.07) is 13.9. The fourth-order valence-corrected chi connectivity index (χ4v) is 5.34. The van der Waals surface area contributed by atoms with Crippen LogP contribution in [0.25, 0.3) is 11.3 Å². The summed E-state index contributed by atoms with van der Waals surface area (Å²) in [5.74, 6) is 0.0295. The fourth-order valence-electron chi connectivity index (χ4n) is 4.15. The van der Waals surface area contributed by atoms with Crippen molar-refractivity contribution in [3.05, 3.63) is 77.2 Å². The van der Waals surface area contributed by atoms with Gasteiger partial charge in [-0.3, -0.25) is 9.78 Å². The lowest BCUT2D eigenvalue weighted by atomic mass is 9.84. The maximum atomic E-state index is 13.1. The monoisotopic (exact) mass is 408 g/mol. The van der Waals surface area contributed by atoms with Crippen LogP contribution in [0.2, 0.25) is 0 Å². The minimum absolute atomic E-state index is 0.0324. The van der Waals surface area contributed by atoms with Gasteiger partial charge in [-0.1, -0.05) is 37.3 Å². The van der Waals surface area contributed by atoms with E-state index in [1.165, 1.54) is 0 Å². The Kier molecular flexibility index (Phi) is 5.37. The summed E-state index contributed by atoms with van der Waals surface area (Å²) in [7, 11) is -3.12. The third-order valence-electron chi connectivity index (χ3n) is 5.55. The molecular formula is C23H24N2O3S. The Morgan fingerprint density at radius 1 is 1.07 bits per heavy atom. The predicted octanol–water partition coefficient (Wildman–Crippen LogP) is 3.85. The lowest BCUT2D eigenvalue weighted by Gasteiger charge is -2.21. The average Bonchev–Trinajstić information content (AvgIpc) is 3.08. The van der Waals surface area contributed by atoms with Crippen LogP contribution >= 0.6 is 0 Å². The molecule has 5 nitrogen and oxygen atoms in total. The number of benzene rings is 1. The normalized spacial score (nSPS) is 16.6. The molecule has 6 heteroatoms. The van der Waals surface area contributed by atoms with Crippen LogP contribution in [-0.4, -0.2) is 35.7 Å². The van der Waals surface area contributed by atoms with Gasteiger partial charge in [-0.15, -0.1) is 0 Å². The van der Waals surface area contributed by atoms with Crippen LogP contribution in [0.3, 0.4) is 0 Å². The minimum Gasteiger partial charge on any atom is -0.358 e. The lowest BCUT2D eigenvalue weighted by Crippen LogP contribution is -2.27. The number of hydrogen-bond acceptors (Lipinski definition) is 4. The van der Waals surface area contributed by atoms with Gasteiger partial charge < -0.3 is 4.98 Å². The number of sulfone groups is 1. The number of hydrogen-bond donors (Lipinski definition) is 1. The Morgan fingerprint density at radius 3 is 2.48 bits per heavy atom. The Morgan fingerprint density at radius 2 is 1.79 bits per heavy atom. The summed E-state index contributed by atoms with van der Waals surface area (Å²) in [5.41, 5.74) is 5.62. The number of nitrogens with zero attached hydrogens (tertiary/aromatic N) is 1. The van der Waals surface area contributed by atoms with Crippen molar-refractivity contribution in [1.82, 2.24) is 9.97 Å². The average molecular weight is 409 g/mol. The minimum atomic E-state index is -3.12. The largest absolute Gasteiger partial charge is 0.358 e. The number of rotatable bonds is 6. The summed E-state index contributed by atoms with van der Waals surface area (Å²) in [6.07, 6.45) is 4.97. The molecule has 150 valence electrons. The highest BCUT2D eigenvalue weighted by Gasteiger charge is 2.33. The Labute approximate surface area is 171 Å². The highest BCUT2D eigenvalue weighted by atomic mass is 32.2. The van der Waals surface area contributed by atoms with Crippen molar-refractivity contribution in [2.75, 3.05) is 11.5 Å². The SMILES string of the molecule is CCS(=O)(=O)CC1CC(=O)c2c([nH]c(-c3ccncc3)c2Cc2ccccc2)C1. The number of Topliss-reactive ketones (excluding diaryl/α,β-unsaturated/α-hetero) is 1. The van der Waals surface area contributed by atoms with Crippen molar-refractivity contribution in [3.8, 4) is 11.3 Å². The van der Waals surface area contributed by atoms with Crippen molar-refractivity contribution in [2.24, 2.45) is 5.92 Å². The molecule has 1 unspecified atom stereocenters. The van der Waals surface area contributed by atoms with Crippen LogP contribution in [0, 0.1) is 5.92 Å². The van der Waals surface area contributed by atoms with Crippen molar-refractivity contribution >= 4 is 15.6 Å². The fraction of sp³-hybridized carbons (Fsp3) is 0.304. The Bertz CT molecular complexity index is 1120. The van der Waals surface area contributed by atoms with E-state index in [0.717, 1.165) is 33.6 Å². The molecule has 1 aromatic carbocycles. The van der Waals surface area contributed by atoms with Crippen LogP contribution in [0.15, 0.2) is 54.9 Å². The predicted molar refractivity (Wildman–Crippen MR) is 114 cm³/mol. The van der Waals surface area contributed by atoms with Gasteiger partial charge in [0.1, 0.15) is 9.84 Å². The van der Waals surface area contributed by atoms with Crippen LogP contribution < -0.4 is 0 Å². The van der Waals surface area contributed by atoms with E-state index >= 15 is 0 Å². The van der Waals surface area contributed by atoms with Gasteiger partial charge >= 0.3 is 0 Å². The van der Waals surface area contributed by atoms with Gasteiger partial charge in [0, 0.05) is 47.8 Å². The number of aromatic amines is 1. The van der Waals surface area contributed by atoms with E-state index in [4.69, 9.17) is 0 Å². The molecule has 1 atom stereocenters. The number of aromatic nitrogens is 2. The van der Waals surface area contributed by atoms with Gasteiger partial charge in [-0.2, -0.15) is 0 Å². The molecule has 1 aliphatic carbocycles. The van der Waals surface area contributed by atoms with Crippen LogP contribution in [0.4, 0.5) is 0 Å². The zero-order valence-electron chi connectivity index (χ0n) is 16.4. The summed E-state index contributed by atoms with van der Waals surface area (Å²) in [6.45, 7) is 1.65. The highest BCUT2D eigenvalue weighted by molar-refractivity contribution is 7.91. The number of carbonyl (C=O) groups excluding carboxylic acids is 1. The number of H-pyrrole nitrogens is 1. The highest BCUT2D eigenvalue weighted by Crippen LogP contribution is 2.36. The van der Waals surface area contributed by atoms with Gasteiger partial charge in [0.05, 0.1) is 11.4 Å². The van der Waals surface area contributed by atoms with E-state index in [1.807, 2.05) is 30.3 Å². The van der Waals surface area contributed by atoms with Crippen molar-refractivity contribution in [3.63, 3.8) is 0 Å². The third kappa shape index (κ3) is 4.17. The molecule has 0 fully saturated rings. The first kappa shape index (κ1) is 19.6. The molecule has 0 radical (unpaired) electrons. The van der Waals surface area contributed by atoms with Gasteiger partial charge in [0.2, 0.25) is 0 Å². The number of nitrogens with one attached hydrogen (secondary N) is 1. The summed E-state index contributed by atoms with van der Waals surface area (Å²) >= 11 is 0. The first-order valence-electron chi connectivity index (χ1n) is 9.88. The second kappa shape index (κ2) is 7.95. The quantitative estimate of drug-likeness (QED) is 0.672. The van der Waals surface area contributed by atoms with E-state index < -0.39 is 9.84 Å². The smallest absolute Gasteiger partial charge is 0.165 e. The molecule has 2 aromatic heterocycles. The Hall–Kier alpha value is -2.73. The van der Waals surface area contributed by atoms with E-state index in [2.05, 4.69) is 22.1 Å². The van der Waals surface area contributed by atoms with Gasteiger partial charge in [-0.25, -0.2) is 8.42 Å². The van der Waals surface area contributed by atoms with Crippen LogP contribution in [-0.2, 0) is 22.7 Å². The van der Waals surface area contributed by atoms with E-state index in [0.29, 0.717) is 12.8 Å². The molecule has 0 saturated carbocycles. The number of pyridine rings is 1. The molecule has 2 heterocycles. The molecule has 29 heavy (non-hydrogen) atoms. The molecule has 1 N–H and O–H groups in total. The topological polar surface area (TPSA) is 79.9 Å². The number of carbonyl (C=O) groups is 1. The maximum absolute atomic E-state index is 13.1.